The topological polar surface area (TPSA) is 41.1 Å². The summed E-state index contributed by atoms with van der Waals surface area (Å²) in [5, 5.41) is 6.63. The summed E-state index contributed by atoms with van der Waals surface area (Å²) in [6.07, 6.45) is 0.898. The molecule has 0 spiro atoms. The van der Waals surface area contributed by atoms with Crippen molar-refractivity contribution in [2.24, 2.45) is 5.92 Å². The normalized spacial score (nSPS) is 19.8. The minimum atomic E-state index is 0.0516. The van der Waals surface area contributed by atoms with Gasteiger partial charge in [0.1, 0.15) is 0 Å². The Morgan fingerprint density at radius 2 is 2.38 bits per heavy atom. The van der Waals surface area contributed by atoms with E-state index in [0.717, 1.165) is 25.1 Å². The van der Waals surface area contributed by atoms with Crippen LogP contribution >= 0.6 is 11.6 Å². The SMILES string of the molecule is Cc1ccc(NC(=O)C2CCNC2)c(Cl)c1. The van der Waals surface area contributed by atoms with Crippen molar-refractivity contribution in [3.05, 3.63) is 28.8 Å². The van der Waals surface area contributed by atoms with Crippen molar-refractivity contribution >= 4 is 23.2 Å². The van der Waals surface area contributed by atoms with Crippen molar-refractivity contribution in [2.75, 3.05) is 18.4 Å². The summed E-state index contributed by atoms with van der Waals surface area (Å²) in [5.41, 5.74) is 1.79. The number of hydrogen-bond donors (Lipinski definition) is 2. The lowest BCUT2D eigenvalue weighted by atomic mass is 10.1. The Morgan fingerprint density at radius 1 is 1.56 bits per heavy atom. The fraction of sp³-hybridized carbons (Fsp3) is 0.417. The maximum atomic E-state index is 11.8. The summed E-state index contributed by atoms with van der Waals surface area (Å²) in [4.78, 5) is 11.8. The Bertz CT molecular complexity index is 400. The molecule has 0 radical (unpaired) electrons. The molecule has 1 unspecified atom stereocenters. The molecule has 0 aliphatic carbocycles. The first-order chi connectivity index (χ1) is 7.66. The summed E-state index contributed by atoms with van der Waals surface area (Å²) in [6.45, 7) is 3.65. The predicted molar refractivity (Wildman–Crippen MR) is 65.8 cm³/mol. The van der Waals surface area contributed by atoms with Crippen molar-refractivity contribution < 1.29 is 4.79 Å². The number of hydrogen-bond acceptors (Lipinski definition) is 2. The molecule has 1 atom stereocenters. The zero-order valence-electron chi connectivity index (χ0n) is 9.22. The molecule has 1 aromatic rings. The average Bonchev–Trinajstić information content (AvgIpc) is 2.75. The number of benzene rings is 1. The van der Waals surface area contributed by atoms with Crippen molar-refractivity contribution in [2.45, 2.75) is 13.3 Å². The van der Waals surface area contributed by atoms with E-state index in [4.69, 9.17) is 11.6 Å². The third-order valence-corrected chi connectivity index (χ3v) is 3.13. The molecule has 86 valence electrons. The van der Waals surface area contributed by atoms with Gasteiger partial charge in [0.05, 0.1) is 16.6 Å². The van der Waals surface area contributed by atoms with Gasteiger partial charge in [-0.2, -0.15) is 0 Å². The molecular weight excluding hydrogens is 224 g/mol. The van der Waals surface area contributed by atoms with E-state index in [1.807, 2.05) is 25.1 Å². The third kappa shape index (κ3) is 2.54. The van der Waals surface area contributed by atoms with Crippen LogP contribution in [0.15, 0.2) is 18.2 Å². The van der Waals surface area contributed by atoms with Gasteiger partial charge >= 0.3 is 0 Å². The molecule has 0 bridgehead atoms. The molecule has 1 aliphatic heterocycles. The first-order valence-corrected chi connectivity index (χ1v) is 5.82. The highest BCUT2D eigenvalue weighted by atomic mass is 35.5. The van der Waals surface area contributed by atoms with E-state index in [1.54, 1.807) is 0 Å². The second-order valence-electron chi connectivity index (χ2n) is 4.16. The second kappa shape index (κ2) is 4.85. The van der Waals surface area contributed by atoms with Crippen molar-refractivity contribution in [3.63, 3.8) is 0 Å². The van der Waals surface area contributed by atoms with Crippen LogP contribution in [0, 0.1) is 12.8 Å². The molecule has 0 aromatic heterocycles. The number of anilines is 1. The van der Waals surface area contributed by atoms with Gasteiger partial charge in [0.15, 0.2) is 0 Å². The Balaban J connectivity index is 2.05. The van der Waals surface area contributed by atoms with Crippen LogP contribution in [0.25, 0.3) is 0 Å². The highest BCUT2D eigenvalue weighted by Crippen LogP contribution is 2.23. The molecule has 2 N–H and O–H groups in total. The van der Waals surface area contributed by atoms with Crippen LogP contribution < -0.4 is 10.6 Å². The lowest BCUT2D eigenvalue weighted by Crippen LogP contribution is -2.24. The van der Waals surface area contributed by atoms with Gasteiger partial charge in [-0.1, -0.05) is 17.7 Å². The van der Waals surface area contributed by atoms with Crippen molar-refractivity contribution in [1.29, 1.82) is 0 Å². The van der Waals surface area contributed by atoms with E-state index >= 15 is 0 Å². The lowest BCUT2D eigenvalue weighted by Gasteiger charge is -2.11. The molecule has 0 saturated carbocycles. The van der Waals surface area contributed by atoms with Crippen LogP contribution in [-0.2, 0) is 4.79 Å². The lowest BCUT2D eigenvalue weighted by molar-refractivity contribution is -0.119. The van der Waals surface area contributed by atoms with Gasteiger partial charge < -0.3 is 10.6 Å². The molecule has 16 heavy (non-hydrogen) atoms. The maximum absolute atomic E-state index is 11.8. The Morgan fingerprint density at radius 3 is 3.00 bits per heavy atom. The number of rotatable bonds is 2. The van der Waals surface area contributed by atoms with Crippen LogP contribution in [0.2, 0.25) is 5.02 Å². The fourth-order valence-electron chi connectivity index (χ4n) is 1.83. The van der Waals surface area contributed by atoms with E-state index in [0.29, 0.717) is 10.7 Å². The molecule has 1 fully saturated rings. The third-order valence-electron chi connectivity index (χ3n) is 2.81. The van der Waals surface area contributed by atoms with Gasteiger partial charge in [0.25, 0.3) is 0 Å². The minimum absolute atomic E-state index is 0.0516. The number of nitrogens with one attached hydrogen (secondary N) is 2. The number of aryl methyl sites for hydroxylation is 1. The average molecular weight is 239 g/mol. The Labute approximate surface area is 100 Å². The predicted octanol–water partition coefficient (Wildman–Crippen LogP) is 2.20. The molecule has 4 heteroatoms. The molecule has 1 aliphatic rings. The molecule has 1 aromatic carbocycles. The highest BCUT2D eigenvalue weighted by molar-refractivity contribution is 6.33. The number of amides is 1. The summed E-state index contributed by atoms with van der Waals surface area (Å²) in [6, 6.07) is 5.64. The summed E-state index contributed by atoms with van der Waals surface area (Å²) in [5.74, 6) is 0.119. The Hall–Kier alpha value is -1.06. The molecule has 1 heterocycles. The van der Waals surface area contributed by atoms with Gasteiger partial charge in [0.2, 0.25) is 5.91 Å². The molecule has 1 amide bonds. The summed E-state index contributed by atoms with van der Waals surface area (Å²) < 4.78 is 0. The van der Waals surface area contributed by atoms with Gasteiger partial charge in [0, 0.05) is 6.54 Å². The van der Waals surface area contributed by atoms with Crippen molar-refractivity contribution in [3.8, 4) is 0 Å². The van der Waals surface area contributed by atoms with Gasteiger partial charge in [-0.15, -0.1) is 0 Å². The summed E-state index contributed by atoms with van der Waals surface area (Å²) in [7, 11) is 0. The highest BCUT2D eigenvalue weighted by Gasteiger charge is 2.22. The van der Waals surface area contributed by atoms with Gasteiger partial charge in [-0.25, -0.2) is 0 Å². The number of carbonyl (C=O) groups excluding carboxylic acids is 1. The standard InChI is InChI=1S/C12H15ClN2O/c1-8-2-3-11(10(13)6-8)15-12(16)9-4-5-14-7-9/h2-3,6,9,14H,4-5,7H2,1H3,(H,15,16). The largest absolute Gasteiger partial charge is 0.324 e. The zero-order valence-corrected chi connectivity index (χ0v) is 9.97. The maximum Gasteiger partial charge on any atom is 0.228 e. The van der Waals surface area contributed by atoms with Crippen LogP contribution in [0.1, 0.15) is 12.0 Å². The number of carbonyl (C=O) groups is 1. The molecule has 3 nitrogen and oxygen atoms in total. The van der Waals surface area contributed by atoms with E-state index in [2.05, 4.69) is 10.6 Å². The second-order valence-corrected chi connectivity index (χ2v) is 4.57. The summed E-state index contributed by atoms with van der Waals surface area (Å²) >= 11 is 6.05. The van der Waals surface area contributed by atoms with Gasteiger partial charge in [-0.3, -0.25) is 4.79 Å². The Kier molecular flexibility index (Phi) is 3.46. The first kappa shape index (κ1) is 11.4. The molecule has 1 saturated heterocycles. The van der Waals surface area contributed by atoms with E-state index in [1.165, 1.54) is 0 Å². The monoisotopic (exact) mass is 238 g/mol. The van der Waals surface area contributed by atoms with Crippen molar-refractivity contribution in [1.82, 2.24) is 5.32 Å². The smallest absolute Gasteiger partial charge is 0.228 e. The van der Waals surface area contributed by atoms with E-state index in [-0.39, 0.29) is 11.8 Å². The molecular formula is C12H15ClN2O. The van der Waals surface area contributed by atoms with Crippen LogP contribution in [0.5, 0.6) is 0 Å². The van der Waals surface area contributed by atoms with Crippen LogP contribution in [-0.4, -0.2) is 19.0 Å². The fourth-order valence-corrected chi connectivity index (χ4v) is 2.12. The first-order valence-electron chi connectivity index (χ1n) is 5.44. The van der Waals surface area contributed by atoms with Crippen LogP contribution in [0.3, 0.4) is 0 Å². The zero-order chi connectivity index (χ0) is 11.5. The van der Waals surface area contributed by atoms with Crippen LogP contribution in [0.4, 0.5) is 5.69 Å². The minimum Gasteiger partial charge on any atom is -0.324 e. The van der Waals surface area contributed by atoms with Gasteiger partial charge in [-0.05, 0) is 37.6 Å². The van der Waals surface area contributed by atoms with E-state index in [9.17, 15) is 4.79 Å². The number of halogens is 1. The quantitative estimate of drug-likeness (QED) is 0.830. The molecule has 2 rings (SSSR count). The van der Waals surface area contributed by atoms with E-state index < -0.39 is 0 Å².